The number of aromatic nitrogens is 1. The number of nitrogens with one attached hydrogen (secondary N) is 1. The minimum Gasteiger partial charge on any atom is -0.481 e. The van der Waals surface area contributed by atoms with Gasteiger partial charge in [-0.1, -0.05) is 30.3 Å². The Morgan fingerprint density at radius 1 is 1.24 bits per heavy atom. The number of carbonyl (C=O) groups excluding carboxylic acids is 1. The van der Waals surface area contributed by atoms with Crippen molar-refractivity contribution in [2.24, 2.45) is 0 Å². The predicted octanol–water partition coefficient (Wildman–Crippen LogP) is 4.12. The minimum absolute atomic E-state index is 0.0112. The van der Waals surface area contributed by atoms with Crippen LogP contribution in [0.1, 0.15) is 22.3 Å². The number of anilines is 1. The molecular formula is C23H22N4O5S. The zero-order valence-corrected chi connectivity index (χ0v) is 18.5. The maximum Gasteiger partial charge on any atom is 0.305 e. The Kier molecular flexibility index (Phi) is 7.87. The van der Waals surface area contributed by atoms with E-state index in [0.29, 0.717) is 29.9 Å². The van der Waals surface area contributed by atoms with E-state index in [9.17, 15) is 19.7 Å². The van der Waals surface area contributed by atoms with Gasteiger partial charge in [0.25, 0.3) is 11.6 Å². The summed E-state index contributed by atoms with van der Waals surface area (Å²) >= 11 is 1.43. The van der Waals surface area contributed by atoms with Crippen LogP contribution in [0.5, 0.6) is 0 Å². The predicted molar refractivity (Wildman–Crippen MR) is 126 cm³/mol. The van der Waals surface area contributed by atoms with Crippen LogP contribution >= 0.6 is 11.3 Å². The summed E-state index contributed by atoms with van der Waals surface area (Å²) in [4.78, 5) is 40.0. The highest BCUT2D eigenvalue weighted by molar-refractivity contribution is 7.14. The summed E-state index contributed by atoms with van der Waals surface area (Å²) in [6, 6.07) is 13.4. The smallest absolute Gasteiger partial charge is 0.305 e. The molecule has 3 rings (SSSR count). The van der Waals surface area contributed by atoms with Crippen molar-refractivity contribution in [2.45, 2.75) is 13.0 Å². The molecule has 2 aromatic carbocycles. The second-order valence-corrected chi connectivity index (χ2v) is 7.93. The van der Waals surface area contributed by atoms with Gasteiger partial charge >= 0.3 is 5.97 Å². The first-order valence-electron chi connectivity index (χ1n) is 10.0. The molecule has 0 aliphatic rings. The quantitative estimate of drug-likeness (QED) is 0.247. The summed E-state index contributed by atoms with van der Waals surface area (Å²) in [6.07, 6.45) is 1.63. The van der Waals surface area contributed by atoms with Crippen LogP contribution in [0.25, 0.3) is 11.3 Å². The largest absolute Gasteiger partial charge is 0.481 e. The molecule has 0 radical (unpaired) electrons. The topological polar surface area (TPSA) is 126 Å². The summed E-state index contributed by atoms with van der Waals surface area (Å²) in [7, 11) is 0. The van der Waals surface area contributed by atoms with E-state index in [1.807, 2.05) is 22.4 Å². The summed E-state index contributed by atoms with van der Waals surface area (Å²) in [5.74, 6) is -1.30. The third-order valence-electron chi connectivity index (χ3n) is 4.68. The van der Waals surface area contributed by atoms with E-state index in [2.05, 4.69) is 16.9 Å². The van der Waals surface area contributed by atoms with Gasteiger partial charge in [-0.2, -0.15) is 0 Å². The molecule has 0 atom stereocenters. The second-order valence-electron chi connectivity index (χ2n) is 7.09. The van der Waals surface area contributed by atoms with Crippen LogP contribution in [0, 0.1) is 10.1 Å². The van der Waals surface area contributed by atoms with E-state index >= 15 is 0 Å². The Morgan fingerprint density at radius 3 is 2.67 bits per heavy atom. The highest BCUT2D eigenvalue weighted by Crippen LogP contribution is 2.30. The Labute approximate surface area is 194 Å². The molecule has 33 heavy (non-hydrogen) atoms. The molecule has 2 N–H and O–H groups in total. The van der Waals surface area contributed by atoms with Crippen LogP contribution in [0.15, 0.2) is 66.6 Å². The molecule has 10 heteroatoms. The molecular weight excluding hydrogens is 444 g/mol. The SMILES string of the molecule is C=CCN(Cc1ccc(C(=O)NCCC(=O)O)cc1)c1nc(-c2cccc([N+](=O)[O-])c2)cs1. The van der Waals surface area contributed by atoms with Crippen LogP contribution in [-0.4, -0.2) is 40.0 Å². The maximum absolute atomic E-state index is 12.1. The number of amides is 1. The minimum atomic E-state index is -0.969. The lowest BCUT2D eigenvalue weighted by Crippen LogP contribution is -2.26. The first-order chi connectivity index (χ1) is 15.9. The van der Waals surface area contributed by atoms with E-state index in [1.54, 1.807) is 30.3 Å². The number of nitrogens with zero attached hydrogens (tertiary/aromatic N) is 3. The lowest BCUT2D eigenvalue weighted by atomic mass is 10.1. The van der Waals surface area contributed by atoms with Crippen LogP contribution < -0.4 is 10.2 Å². The van der Waals surface area contributed by atoms with Crippen LogP contribution in [0.3, 0.4) is 0 Å². The first-order valence-corrected chi connectivity index (χ1v) is 10.9. The van der Waals surface area contributed by atoms with Gasteiger partial charge in [-0.3, -0.25) is 19.7 Å². The van der Waals surface area contributed by atoms with Crippen molar-refractivity contribution in [3.8, 4) is 11.3 Å². The maximum atomic E-state index is 12.1. The molecule has 0 aliphatic heterocycles. The number of carbonyl (C=O) groups is 2. The standard InChI is InChI=1S/C23H22N4O5S/c1-2-12-26(14-16-6-8-17(9-7-16)22(30)24-11-10-21(28)29)23-25-20(15-33-23)18-4-3-5-19(13-18)27(31)32/h2-9,13,15H,1,10-12,14H2,(H,24,30)(H,28,29). The zero-order valence-electron chi connectivity index (χ0n) is 17.6. The van der Waals surface area contributed by atoms with Crippen molar-refractivity contribution in [3.05, 3.63) is 87.8 Å². The van der Waals surface area contributed by atoms with Gasteiger partial charge in [0.1, 0.15) is 0 Å². The van der Waals surface area contributed by atoms with Crippen molar-refractivity contribution in [1.29, 1.82) is 0 Å². The number of carboxylic acids is 1. The van der Waals surface area contributed by atoms with Gasteiger partial charge < -0.3 is 15.3 Å². The fourth-order valence-corrected chi connectivity index (χ4v) is 3.90. The number of thiazole rings is 1. The van der Waals surface area contributed by atoms with Gasteiger partial charge in [-0.15, -0.1) is 17.9 Å². The molecule has 1 heterocycles. The molecule has 0 fully saturated rings. The molecule has 0 bridgehead atoms. The average Bonchev–Trinajstić information content (AvgIpc) is 3.29. The molecule has 0 aliphatic carbocycles. The molecule has 3 aromatic rings. The van der Waals surface area contributed by atoms with Gasteiger partial charge in [0, 0.05) is 48.3 Å². The molecule has 0 saturated heterocycles. The van der Waals surface area contributed by atoms with Crippen molar-refractivity contribution < 1.29 is 19.6 Å². The monoisotopic (exact) mass is 466 g/mol. The van der Waals surface area contributed by atoms with Crippen LogP contribution in [0.4, 0.5) is 10.8 Å². The molecule has 1 aromatic heterocycles. The molecule has 0 saturated carbocycles. The molecule has 9 nitrogen and oxygen atoms in total. The van der Waals surface area contributed by atoms with Crippen LogP contribution in [0.2, 0.25) is 0 Å². The summed E-state index contributed by atoms with van der Waals surface area (Å²) in [5, 5.41) is 24.9. The average molecular weight is 467 g/mol. The summed E-state index contributed by atoms with van der Waals surface area (Å²) in [6.45, 7) is 4.94. The van der Waals surface area contributed by atoms with Gasteiger partial charge in [0.15, 0.2) is 5.13 Å². The fourth-order valence-electron chi connectivity index (χ4n) is 3.05. The summed E-state index contributed by atoms with van der Waals surface area (Å²) in [5.41, 5.74) is 2.73. The number of non-ortho nitro benzene ring substituents is 1. The Bertz CT molecular complexity index is 1160. The second kappa shape index (κ2) is 11.0. The Hall–Kier alpha value is -4.05. The number of aliphatic carboxylic acids is 1. The van der Waals surface area contributed by atoms with Crippen molar-refractivity contribution >= 4 is 34.0 Å². The van der Waals surface area contributed by atoms with E-state index in [1.165, 1.54) is 23.5 Å². The van der Waals surface area contributed by atoms with Gasteiger partial charge in [0.05, 0.1) is 17.0 Å². The molecule has 0 spiro atoms. The Balaban J connectivity index is 1.71. The Morgan fingerprint density at radius 2 is 2.00 bits per heavy atom. The van der Waals surface area contributed by atoms with Gasteiger partial charge in [0.2, 0.25) is 0 Å². The number of nitro benzene ring substituents is 1. The third kappa shape index (κ3) is 6.47. The van der Waals surface area contributed by atoms with Crippen molar-refractivity contribution in [1.82, 2.24) is 10.3 Å². The lowest BCUT2D eigenvalue weighted by molar-refractivity contribution is -0.384. The van der Waals surface area contributed by atoms with Gasteiger partial charge in [-0.25, -0.2) is 4.98 Å². The number of benzene rings is 2. The third-order valence-corrected chi connectivity index (χ3v) is 5.58. The van der Waals surface area contributed by atoms with Gasteiger partial charge in [-0.05, 0) is 17.7 Å². The number of hydrogen-bond acceptors (Lipinski definition) is 7. The number of rotatable bonds is 11. The lowest BCUT2D eigenvalue weighted by Gasteiger charge is -2.20. The van der Waals surface area contributed by atoms with E-state index in [-0.39, 0.29) is 24.6 Å². The van der Waals surface area contributed by atoms with E-state index < -0.39 is 10.9 Å². The van der Waals surface area contributed by atoms with Crippen molar-refractivity contribution in [2.75, 3.05) is 18.0 Å². The zero-order chi connectivity index (χ0) is 23.8. The highest BCUT2D eigenvalue weighted by Gasteiger charge is 2.14. The molecule has 0 unspecified atom stereocenters. The first kappa shape index (κ1) is 23.6. The molecule has 170 valence electrons. The number of hydrogen-bond donors (Lipinski definition) is 2. The van der Waals surface area contributed by atoms with E-state index in [4.69, 9.17) is 5.11 Å². The number of nitro groups is 1. The highest BCUT2D eigenvalue weighted by atomic mass is 32.1. The fraction of sp³-hybridized carbons (Fsp3) is 0.174. The normalized spacial score (nSPS) is 10.4. The van der Waals surface area contributed by atoms with Crippen molar-refractivity contribution in [3.63, 3.8) is 0 Å². The van der Waals surface area contributed by atoms with Crippen LogP contribution in [-0.2, 0) is 11.3 Å². The summed E-state index contributed by atoms with van der Waals surface area (Å²) < 4.78 is 0. The number of carboxylic acid groups (broad SMARTS) is 1. The molecule has 1 amide bonds. The van der Waals surface area contributed by atoms with E-state index in [0.717, 1.165) is 10.7 Å².